The smallest absolute Gasteiger partial charge is 0.317 e. The first-order valence-corrected chi connectivity index (χ1v) is 10.8. The van der Waals surface area contributed by atoms with Gasteiger partial charge in [0, 0.05) is 22.2 Å². The molecule has 0 aliphatic carbocycles. The van der Waals surface area contributed by atoms with Crippen LogP contribution in [0.15, 0.2) is 77.7 Å². The molecule has 1 unspecified atom stereocenters. The lowest BCUT2D eigenvalue weighted by Crippen LogP contribution is -2.26. The number of amides is 1. The van der Waals surface area contributed by atoms with E-state index < -0.39 is 18.0 Å². The van der Waals surface area contributed by atoms with Gasteiger partial charge in [0.2, 0.25) is 6.10 Å². The zero-order valence-electron chi connectivity index (χ0n) is 17.8. The van der Waals surface area contributed by atoms with E-state index in [1.54, 1.807) is 55.6 Å². The van der Waals surface area contributed by atoms with Crippen molar-refractivity contribution in [3.63, 3.8) is 0 Å². The van der Waals surface area contributed by atoms with Crippen LogP contribution in [0.4, 0.5) is 5.69 Å². The number of thioether (sulfide) groups is 1. The second kappa shape index (κ2) is 10.7. The van der Waals surface area contributed by atoms with Gasteiger partial charge in [-0.05, 0) is 37.6 Å². The largest absolute Gasteiger partial charge is 0.497 e. The summed E-state index contributed by atoms with van der Waals surface area (Å²) in [6.45, 7) is 4.01. The fourth-order valence-electron chi connectivity index (χ4n) is 2.97. The number of esters is 1. The van der Waals surface area contributed by atoms with E-state index in [2.05, 4.69) is 5.32 Å². The van der Waals surface area contributed by atoms with E-state index in [9.17, 15) is 9.59 Å². The summed E-state index contributed by atoms with van der Waals surface area (Å²) < 4.78 is 10.8. The van der Waals surface area contributed by atoms with E-state index in [0.717, 1.165) is 16.0 Å². The van der Waals surface area contributed by atoms with Gasteiger partial charge in [0.05, 0.1) is 12.9 Å². The van der Waals surface area contributed by atoms with Crippen molar-refractivity contribution in [2.24, 2.45) is 0 Å². The number of methoxy groups -OCH3 is 1. The molecule has 0 aliphatic heterocycles. The summed E-state index contributed by atoms with van der Waals surface area (Å²) in [4.78, 5) is 26.6. The van der Waals surface area contributed by atoms with E-state index in [0.29, 0.717) is 17.0 Å². The van der Waals surface area contributed by atoms with Gasteiger partial charge < -0.3 is 14.8 Å². The van der Waals surface area contributed by atoms with E-state index in [1.165, 1.54) is 11.8 Å². The number of ether oxygens (including phenoxy) is 2. The Kier molecular flexibility index (Phi) is 7.73. The Morgan fingerprint density at radius 1 is 0.968 bits per heavy atom. The Morgan fingerprint density at radius 2 is 1.74 bits per heavy atom. The van der Waals surface area contributed by atoms with Crippen molar-refractivity contribution in [3.05, 3.63) is 89.5 Å². The van der Waals surface area contributed by atoms with Gasteiger partial charge in [-0.25, -0.2) is 0 Å². The average Bonchev–Trinajstić information content (AvgIpc) is 2.78. The predicted octanol–water partition coefficient (Wildman–Crippen LogP) is 5.33. The van der Waals surface area contributed by atoms with E-state index in [1.807, 2.05) is 38.1 Å². The molecule has 0 bridgehead atoms. The van der Waals surface area contributed by atoms with Crippen molar-refractivity contribution >= 4 is 29.3 Å². The number of carbonyl (C=O) groups excluding carboxylic acids is 2. The van der Waals surface area contributed by atoms with Crippen LogP contribution in [0.5, 0.6) is 5.75 Å². The van der Waals surface area contributed by atoms with Gasteiger partial charge >= 0.3 is 5.97 Å². The molecule has 160 valence electrons. The van der Waals surface area contributed by atoms with Crippen LogP contribution >= 0.6 is 11.8 Å². The second-order valence-electron chi connectivity index (χ2n) is 7.06. The first-order valence-electron chi connectivity index (χ1n) is 9.85. The van der Waals surface area contributed by atoms with Crippen LogP contribution in [0, 0.1) is 13.8 Å². The highest BCUT2D eigenvalue weighted by Gasteiger charge is 2.25. The molecule has 0 spiro atoms. The number of carbonyl (C=O) groups is 2. The first kappa shape index (κ1) is 22.4. The normalized spacial score (nSPS) is 11.5. The molecule has 3 aromatic carbocycles. The Bertz CT molecular complexity index is 1050. The standard InChI is InChI=1S/C25H25NO4S/c1-17-12-13-18(2)22(14-17)31-16-23(27)30-24(19-8-5-4-6-9-19)25(28)26-20-10-7-11-21(15-20)29-3/h4-15,24H,16H2,1-3H3,(H,26,28). The minimum Gasteiger partial charge on any atom is -0.497 e. The van der Waals surface area contributed by atoms with Gasteiger partial charge in [-0.15, -0.1) is 11.8 Å². The third kappa shape index (κ3) is 6.36. The third-order valence-electron chi connectivity index (χ3n) is 4.62. The summed E-state index contributed by atoms with van der Waals surface area (Å²) in [6.07, 6.45) is -1.06. The predicted molar refractivity (Wildman–Crippen MR) is 124 cm³/mol. The second-order valence-corrected chi connectivity index (χ2v) is 8.08. The van der Waals surface area contributed by atoms with Crippen LogP contribution in [0.1, 0.15) is 22.8 Å². The molecule has 6 heteroatoms. The lowest BCUT2D eigenvalue weighted by Gasteiger charge is -2.18. The molecular weight excluding hydrogens is 410 g/mol. The van der Waals surface area contributed by atoms with Crippen molar-refractivity contribution < 1.29 is 19.1 Å². The summed E-state index contributed by atoms with van der Waals surface area (Å²) >= 11 is 1.40. The molecule has 5 nitrogen and oxygen atoms in total. The van der Waals surface area contributed by atoms with Crippen molar-refractivity contribution in [2.75, 3.05) is 18.2 Å². The van der Waals surface area contributed by atoms with Crippen LogP contribution in [0.2, 0.25) is 0 Å². The zero-order valence-corrected chi connectivity index (χ0v) is 18.6. The minimum atomic E-state index is -1.06. The monoisotopic (exact) mass is 435 g/mol. The SMILES string of the molecule is COc1cccc(NC(=O)C(OC(=O)CSc2cc(C)ccc2C)c2ccccc2)c1. The maximum atomic E-state index is 13.0. The van der Waals surface area contributed by atoms with Crippen molar-refractivity contribution in [1.82, 2.24) is 0 Å². The van der Waals surface area contributed by atoms with Crippen molar-refractivity contribution in [2.45, 2.75) is 24.8 Å². The summed E-state index contributed by atoms with van der Waals surface area (Å²) in [6, 6.07) is 22.1. The molecule has 1 N–H and O–H groups in total. The van der Waals surface area contributed by atoms with Crippen molar-refractivity contribution in [3.8, 4) is 5.75 Å². The molecule has 31 heavy (non-hydrogen) atoms. The third-order valence-corrected chi connectivity index (χ3v) is 5.75. The summed E-state index contributed by atoms with van der Waals surface area (Å²) in [5.41, 5.74) is 3.39. The average molecular weight is 436 g/mol. The number of aryl methyl sites for hydroxylation is 2. The molecule has 1 atom stereocenters. The lowest BCUT2D eigenvalue weighted by molar-refractivity contribution is -0.152. The lowest BCUT2D eigenvalue weighted by atomic mass is 10.1. The number of hydrogen-bond donors (Lipinski definition) is 1. The molecule has 1 amide bonds. The maximum Gasteiger partial charge on any atom is 0.317 e. The Hall–Kier alpha value is -3.25. The highest BCUT2D eigenvalue weighted by atomic mass is 32.2. The van der Waals surface area contributed by atoms with Gasteiger partial charge in [-0.2, -0.15) is 0 Å². The molecule has 0 aromatic heterocycles. The number of nitrogens with one attached hydrogen (secondary N) is 1. The Labute approximate surface area is 186 Å². The molecule has 0 saturated carbocycles. The first-order chi connectivity index (χ1) is 15.0. The molecule has 0 saturated heterocycles. The fraction of sp³-hybridized carbons (Fsp3) is 0.200. The number of hydrogen-bond acceptors (Lipinski definition) is 5. The molecule has 0 fully saturated rings. The van der Waals surface area contributed by atoms with Gasteiger partial charge in [0.25, 0.3) is 5.91 Å². The Morgan fingerprint density at radius 3 is 2.48 bits per heavy atom. The maximum absolute atomic E-state index is 13.0. The topological polar surface area (TPSA) is 64.6 Å². The van der Waals surface area contributed by atoms with Gasteiger partial charge in [-0.1, -0.05) is 54.1 Å². The molecular formula is C25H25NO4S. The Balaban J connectivity index is 1.72. The molecule has 0 aliphatic rings. The quantitative estimate of drug-likeness (QED) is 0.383. The number of benzene rings is 3. The summed E-state index contributed by atoms with van der Waals surface area (Å²) in [5, 5.41) is 2.81. The van der Waals surface area contributed by atoms with E-state index in [4.69, 9.17) is 9.47 Å². The van der Waals surface area contributed by atoms with Gasteiger partial charge in [0.1, 0.15) is 5.75 Å². The van der Waals surface area contributed by atoms with Crippen LogP contribution < -0.4 is 10.1 Å². The van der Waals surface area contributed by atoms with Crippen molar-refractivity contribution in [1.29, 1.82) is 0 Å². The highest BCUT2D eigenvalue weighted by Crippen LogP contribution is 2.26. The highest BCUT2D eigenvalue weighted by molar-refractivity contribution is 8.00. The molecule has 0 heterocycles. The summed E-state index contributed by atoms with van der Waals surface area (Å²) in [7, 11) is 1.56. The molecule has 3 aromatic rings. The van der Waals surface area contributed by atoms with Crippen LogP contribution in [0.25, 0.3) is 0 Å². The van der Waals surface area contributed by atoms with Crippen LogP contribution in [0.3, 0.4) is 0 Å². The fourth-order valence-corrected chi connectivity index (χ4v) is 3.88. The van der Waals surface area contributed by atoms with Gasteiger partial charge in [-0.3, -0.25) is 9.59 Å². The van der Waals surface area contributed by atoms with Gasteiger partial charge in [0.15, 0.2) is 0 Å². The summed E-state index contributed by atoms with van der Waals surface area (Å²) in [5.74, 6) is -0.152. The molecule has 0 radical (unpaired) electrons. The van der Waals surface area contributed by atoms with E-state index in [-0.39, 0.29) is 5.75 Å². The zero-order chi connectivity index (χ0) is 22.2. The minimum absolute atomic E-state index is 0.111. The number of anilines is 1. The van der Waals surface area contributed by atoms with Crippen LogP contribution in [-0.2, 0) is 14.3 Å². The van der Waals surface area contributed by atoms with Crippen LogP contribution in [-0.4, -0.2) is 24.7 Å². The number of rotatable bonds is 8. The molecule has 3 rings (SSSR count). The van der Waals surface area contributed by atoms with E-state index >= 15 is 0 Å².